The van der Waals surface area contributed by atoms with Crippen LogP contribution >= 0.6 is 0 Å². The van der Waals surface area contributed by atoms with Crippen molar-refractivity contribution in [2.24, 2.45) is 0 Å². The summed E-state index contributed by atoms with van der Waals surface area (Å²) in [4.78, 5) is 4.33. The molecular weight excluding hydrogens is 188 g/mol. The van der Waals surface area contributed by atoms with Crippen LogP contribution in [-0.2, 0) is 0 Å². The number of anilines is 1. The molecule has 0 radical (unpaired) electrons. The molecule has 0 fully saturated rings. The molecule has 0 amide bonds. The van der Waals surface area contributed by atoms with E-state index in [1.54, 1.807) is 0 Å². The summed E-state index contributed by atoms with van der Waals surface area (Å²) in [6.45, 7) is 5.81. The predicted octanol–water partition coefficient (Wildman–Crippen LogP) is 2.85. The minimum absolute atomic E-state index is 0.636. The summed E-state index contributed by atoms with van der Waals surface area (Å²) in [7, 11) is 0. The van der Waals surface area contributed by atoms with Gasteiger partial charge in [0.15, 0.2) is 0 Å². The van der Waals surface area contributed by atoms with Crippen LogP contribution in [0.4, 0.5) is 5.69 Å². The second kappa shape index (κ2) is 3.42. The summed E-state index contributed by atoms with van der Waals surface area (Å²) in [5, 5.41) is 0. The Labute approximate surface area is 88.9 Å². The Hall–Kier alpha value is -1.77. The van der Waals surface area contributed by atoms with Gasteiger partial charge < -0.3 is 10.2 Å². The van der Waals surface area contributed by atoms with Gasteiger partial charge in [0.25, 0.3) is 0 Å². The molecule has 78 valence electrons. The van der Waals surface area contributed by atoms with Crippen molar-refractivity contribution in [1.82, 2.24) is 4.98 Å². The van der Waals surface area contributed by atoms with E-state index < -0.39 is 0 Å². The van der Waals surface area contributed by atoms with Crippen LogP contribution in [0.5, 0.6) is 0 Å². The zero-order valence-electron chi connectivity index (χ0n) is 9.16. The van der Waals surface area contributed by atoms with Gasteiger partial charge >= 0.3 is 0 Å². The lowest BCUT2D eigenvalue weighted by atomic mass is 10.1. The highest BCUT2D eigenvalue weighted by Gasteiger charge is 2.08. The highest BCUT2D eigenvalue weighted by molar-refractivity contribution is 5.62. The first-order chi connectivity index (χ1) is 7.08. The van der Waals surface area contributed by atoms with E-state index in [-0.39, 0.29) is 0 Å². The van der Waals surface area contributed by atoms with Crippen LogP contribution in [0, 0.1) is 20.8 Å². The minimum atomic E-state index is 0.636. The topological polar surface area (TPSA) is 52.0 Å². The van der Waals surface area contributed by atoms with Gasteiger partial charge in [0.2, 0.25) is 5.89 Å². The Morgan fingerprint density at radius 3 is 2.47 bits per heavy atom. The number of rotatable bonds is 1. The lowest BCUT2D eigenvalue weighted by Crippen LogP contribution is -1.89. The van der Waals surface area contributed by atoms with Gasteiger partial charge in [-0.1, -0.05) is 6.07 Å². The molecule has 0 bridgehead atoms. The maximum atomic E-state index is 5.83. The fourth-order valence-electron chi connectivity index (χ4n) is 1.37. The first kappa shape index (κ1) is 9.77. The van der Waals surface area contributed by atoms with Crippen molar-refractivity contribution in [3.8, 4) is 11.5 Å². The van der Waals surface area contributed by atoms with Gasteiger partial charge in [0.05, 0.1) is 5.69 Å². The average molecular weight is 202 g/mol. The van der Waals surface area contributed by atoms with E-state index in [2.05, 4.69) is 4.98 Å². The Kier molecular flexibility index (Phi) is 2.23. The molecule has 0 unspecified atom stereocenters. The third kappa shape index (κ3) is 1.73. The monoisotopic (exact) mass is 202 g/mol. The summed E-state index contributed by atoms with van der Waals surface area (Å²) < 4.78 is 5.53. The predicted molar refractivity (Wildman–Crippen MR) is 60.6 cm³/mol. The Balaban J connectivity index is 2.49. The van der Waals surface area contributed by atoms with Gasteiger partial charge in [-0.05, 0) is 38.5 Å². The first-order valence-electron chi connectivity index (χ1n) is 4.88. The van der Waals surface area contributed by atoms with Crippen molar-refractivity contribution in [2.45, 2.75) is 20.8 Å². The molecule has 3 nitrogen and oxygen atoms in total. The second-order valence-corrected chi connectivity index (χ2v) is 3.73. The van der Waals surface area contributed by atoms with E-state index in [1.807, 2.05) is 39.0 Å². The number of nitrogens with zero attached hydrogens (tertiary/aromatic N) is 1. The highest BCUT2D eigenvalue weighted by atomic mass is 16.4. The number of oxazole rings is 1. The minimum Gasteiger partial charge on any atom is -0.441 e. The Bertz CT molecular complexity index is 481. The largest absolute Gasteiger partial charge is 0.441 e. The number of aryl methyl sites for hydroxylation is 3. The van der Waals surface area contributed by atoms with Crippen LogP contribution in [0.2, 0.25) is 0 Å². The summed E-state index contributed by atoms with van der Waals surface area (Å²) in [6, 6.07) is 5.83. The molecule has 1 aromatic carbocycles. The molecule has 0 spiro atoms. The molecule has 0 atom stereocenters. The fraction of sp³-hybridized carbons (Fsp3) is 0.250. The van der Waals surface area contributed by atoms with E-state index in [4.69, 9.17) is 10.2 Å². The number of hydrogen-bond acceptors (Lipinski definition) is 3. The number of hydrogen-bond donors (Lipinski definition) is 1. The molecule has 1 heterocycles. The van der Waals surface area contributed by atoms with Crippen molar-refractivity contribution in [2.75, 3.05) is 5.73 Å². The fourth-order valence-corrected chi connectivity index (χ4v) is 1.37. The van der Waals surface area contributed by atoms with Gasteiger partial charge in [-0.15, -0.1) is 0 Å². The summed E-state index contributed by atoms with van der Waals surface area (Å²) in [5.74, 6) is 1.49. The maximum Gasteiger partial charge on any atom is 0.226 e. The molecule has 2 N–H and O–H groups in total. The van der Waals surface area contributed by atoms with Gasteiger partial charge in [-0.3, -0.25) is 0 Å². The molecule has 0 aliphatic carbocycles. The zero-order chi connectivity index (χ0) is 11.0. The standard InChI is InChI=1S/C12H14N2O/c1-7-4-5-10(6-11(7)13)12-14-8(2)9(3)15-12/h4-6H,13H2,1-3H3. The third-order valence-corrected chi connectivity index (χ3v) is 2.55. The molecule has 2 aromatic rings. The van der Waals surface area contributed by atoms with Gasteiger partial charge in [0, 0.05) is 11.3 Å². The van der Waals surface area contributed by atoms with Crippen LogP contribution in [0.25, 0.3) is 11.5 Å². The molecule has 0 saturated heterocycles. The van der Waals surface area contributed by atoms with Crippen LogP contribution in [-0.4, -0.2) is 4.98 Å². The van der Waals surface area contributed by atoms with Crippen LogP contribution in [0.1, 0.15) is 17.0 Å². The second-order valence-electron chi connectivity index (χ2n) is 3.73. The van der Waals surface area contributed by atoms with E-state index in [0.717, 1.165) is 28.3 Å². The van der Waals surface area contributed by atoms with E-state index >= 15 is 0 Å². The quantitative estimate of drug-likeness (QED) is 0.723. The molecule has 2 rings (SSSR count). The van der Waals surface area contributed by atoms with Gasteiger partial charge in [-0.2, -0.15) is 0 Å². The lowest BCUT2D eigenvalue weighted by Gasteiger charge is -2.01. The first-order valence-corrected chi connectivity index (χ1v) is 4.88. The third-order valence-electron chi connectivity index (χ3n) is 2.55. The number of nitrogens with two attached hydrogens (primary N) is 1. The SMILES string of the molecule is Cc1ccc(-c2nc(C)c(C)o2)cc1N. The van der Waals surface area contributed by atoms with E-state index in [9.17, 15) is 0 Å². The smallest absolute Gasteiger partial charge is 0.226 e. The van der Waals surface area contributed by atoms with Crippen LogP contribution in [0.15, 0.2) is 22.6 Å². The van der Waals surface area contributed by atoms with Crippen molar-refractivity contribution in [3.63, 3.8) is 0 Å². The zero-order valence-corrected chi connectivity index (χ0v) is 9.16. The van der Waals surface area contributed by atoms with Crippen molar-refractivity contribution in [1.29, 1.82) is 0 Å². The van der Waals surface area contributed by atoms with Crippen molar-refractivity contribution < 1.29 is 4.42 Å². The normalized spacial score (nSPS) is 10.6. The highest BCUT2D eigenvalue weighted by Crippen LogP contribution is 2.24. The lowest BCUT2D eigenvalue weighted by molar-refractivity contribution is 0.541. The van der Waals surface area contributed by atoms with Crippen LogP contribution in [0.3, 0.4) is 0 Å². The van der Waals surface area contributed by atoms with Gasteiger partial charge in [-0.25, -0.2) is 4.98 Å². The van der Waals surface area contributed by atoms with Gasteiger partial charge in [0.1, 0.15) is 5.76 Å². The van der Waals surface area contributed by atoms with E-state index in [1.165, 1.54) is 0 Å². The number of aromatic nitrogens is 1. The van der Waals surface area contributed by atoms with Crippen LogP contribution < -0.4 is 5.73 Å². The summed E-state index contributed by atoms with van der Waals surface area (Å²) in [6.07, 6.45) is 0. The summed E-state index contributed by atoms with van der Waals surface area (Å²) in [5.41, 5.74) is 9.51. The van der Waals surface area contributed by atoms with Crippen molar-refractivity contribution >= 4 is 5.69 Å². The average Bonchev–Trinajstić information content (AvgIpc) is 2.52. The molecule has 3 heteroatoms. The van der Waals surface area contributed by atoms with E-state index in [0.29, 0.717) is 5.89 Å². The Morgan fingerprint density at radius 1 is 1.20 bits per heavy atom. The molecule has 0 aliphatic rings. The van der Waals surface area contributed by atoms with Crippen molar-refractivity contribution in [3.05, 3.63) is 35.2 Å². The summed E-state index contributed by atoms with van der Waals surface area (Å²) >= 11 is 0. The number of nitrogen functional groups attached to an aromatic ring is 1. The molecular formula is C12H14N2O. The molecule has 0 saturated carbocycles. The molecule has 1 aromatic heterocycles. The number of benzene rings is 1. The molecule has 15 heavy (non-hydrogen) atoms. The Morgan fingerprint density at radius 2 is 1.93 bits per heavy atom. The maximum absolute atomic E-state index is 5.83. The molecule has 0 aliphatic heterocycles.